The SMILES string of the molecule is CCCCOCC(O)CN1CCNCC1C#N. The zero-order chi connectivity index (χ0) is 12.5. The van der Waals surface area contributed by atoms with Crippen LogP contribution in [0.5, 0.6) is 0 Å². The Morgan fingerprint density at radius 2 is 2.47 bits per heavy atom. The van der Waals surface area contributed by atoms with E-state index >= 15 is 0 Å². The molecule has 2 unspecified atom stereocenters. The highest BCUT2D eigenvalue weighted by atomic mass is 16.5. The van der Waals surface area contributed by atoms with Crippen LogP contribution < -0.4 is 5.32 Å². The summed E-state index contributed by atoms with van der Waals surface area (Å²) < 4.78 is 5.37. The molecule has 0 saturated carbocycles. The first kappa shape index (κ1) is 14.4. The van der Waals surface area contributed by atoms with Crippen molar-refractivity contribution in [2.24, 2.45) is 0 Å². The van der Waals surface area contributed by atoms with Gasteiger partial charge in [0.1, 0.15) is 6.04 Å². The number of aliphatic hydroxyl groups excluding tert-OH is 1. The summed E-state index contributed by atoms with van der Waals surface area (Å²) in [6.07, 6.45) is 1.63. The predicted octanol–water partition coefficient (Wildman–Crippen LogP) is -0.0386. The molecule has 1 rings (SSSR count). The molecule has 0 radical (unpaired) electrons. The summed E-state index contributed by atoms with van der Waals surface area (Å²) >= 11 is 0. The monoisotopic (exact) mass is 241 g/mol. The Morgan fingerprint density at radius 3 is 3.18 bits per heavy atom. The number of aliphatic hydroxyl groups is 1. The Hall–Kier alpha value is -0.670. The van der Waals surface area contributed by atoms with Gasteiger partial charge in [0.15, 0.2) is 0 Å². The third-order valence-corrected chi connectivity index (χ3v) is 2.90. The number of hydrogen-bond donors (Lipinski definition) is 2. The minimum absolute atomic E-state index is 0.131. The molecule has 0 spiro atoms. The van der Waals surface area contributed by atoms with Crippen molar-refractivity contribution in [2.45, 2.75) is 31.9 Å². The van der Waals surface area contributed by atoms with Gasteiger partial charge in [-0.2, -0.15) is 5.26 Å². The number of β-amino-alcohol motifs (C(OH)–C–C–N with tert-alkyl or cyclic N) is 1. The molecule has 2 atom stereocenters. The number of piperazine rings is 1. The van der Waals surface area contributed by atoms with Gasteiger partial charge in [0.05, 0.1) is 18.8 Å². The maximum absolute atomic E-state index is 9.82. The molecule has 98 valence electrons. The zero-order valence-corrected chi connectivity index (χ0v) is 10.6. The van der Waals surface area contributed by atoms with E-state index < -0.39 is 6.10 Å². The lowest BCUT2D eigenvalue weighted by molar-refractivity contribution is 0.00892. The highest BCUT2D eigenvalue weighted by Gasteiger charge is 2.23. The van der Waals surface area contributed by atoms with Gasteiger partial charge in [-0.25, -0.2) is 0 Å². The molecule has 1 saturated heterocycles. The summed E-state index contributed by atoms with van der Waals surface area (Å²) in [5, 5.41) is 22.0. The molecule has 5 nitrogen and oxygen atoms in total. The quantitative estimate of drug-likeness (QED) is 0.612. The number of unbranched alkanes of at least 4 members (excludes halogenated alkanes) is 1. The van der Waals surface area contributed by atoms with Gasteiger partial charge in [0.25, 0.3) is 0 Å². The predicted molar refractivity (Wildman–Crippen MR) is 65.6 cm³/mol. The second-order valence-electron chi connectivity index (χ2n) is 4.43. The number of nitrogens with zero attached hydrogens (tertiary/aromatic N) is 2. The van der Waals surface area contributed by atoms with Crippen molar-refractivity contribution >= 4 is 0 Å². The molecule has 0 aliphatic carbocycles. The minimum Gasteiger partial charge on any atom is -0.389 e. The molecule has 0 bridgehead atoms. The fraction of sp³-hybridized carbons (Fsp3) is 0.917. The molecule has 17 heavy (non-hydrogen) atoms. The molecule has 0 aromatic rings. The van der Waals surface area contributed by atoms with Crippen LogP contribution >= 0.6 is 0 Å². The lowest BCUT2D eigenvalue weighted by Gasteiger charge is -2.33. The Bertz CT molecular complexity index is 242. The highest BCUT2D eigenvalue weighted by Crippen LogP contribution is 2.04. The Balaban J connectivity index is 2.19. The number of rotatable bonds is 7. The minimum atomic E-state index is -0.499. The normalized spacial score (nSPS) is 23.2. The van der Waals surface area contributed by atoms with Crippen molar-refractivity contribution in [1.82, 2.24) is 10.2 Å². The fourth-order valence-corrected chi connectivity index (χ4v) is 1.88. The van der Waals surface area contributed by atoms with Crippen LogP contribution in [0.15, 0.2) is 0 Å². The average Bonchev–Trinajstić information content (AvgIpc) is 2.35. The van der Waals surface area contributed by atoms with Gasteiger partial charge in [-0.05, 0) is 6.42 Å². The molecular formula is C12H23N3O2. The highest BCUT2D eigenvalue weighted by molar-refractivity contribution is 4.96. The van der Waals surface area contributed by atoms with Crippen molar-refractivity contribution in [1.29, 1.82) is 5.26 Å². The van der Waals surface area contributed by atoms with E-state index in [2.05, 4.69) is 18.3 Å². The third kappa shape index (κ3) is 5.46. The van der Waals surface area contributed by atoms with Crippen molar-refractivity contribution in [2.75, 3.05) is 39.4 Å². The molecule has 2 N–H and O–H groups in total. The topological polar surface area (TPSA) is 68.5 Å². The zero-order valence-electron chi connectivity index (χ0n) is 10.6. The van der Waals surface area contributed by atoms with E-state index in [1.807, 2.05) is 4.90 Å². The molecule has 1 fully saturated rings. The van der Waals surface area contributed by atoms with Crippen LogP contribution in [0.2, 0.25) is 0 Å². The van der Waals surface area contributed by atoms with E-state index in [1.54, 1.807) is 0 Å². The maximum Gasteiger partial charge on any atom is 0.110 e. The van der Waals surface area contributed by atoms with E-state index in [9.17, 15) is 5.11 Å². The summed E-state index contributed by atoms with van der Waals surface area (Å²) in [6.45, 7) is 6.06. The van der Waals surface area contributed by atoms with Gasteiger partial charge in [-0.3, -0.25) is 4.90 Å². The van der Waals surface area contributed by atoms with Crippen LogP contribution in [0.1, 0.15) is 19.8 Å². The maximum atomic E-state index is 9.82. The van der Waals surface area contributed by atoms with Crippen molar-refractivity contribution in [3.8, 4) is 6.07 Å². The molecule has 0 amide bonds. The second kappa shape index (κ2) is 8.43. The molecule has 1 aliphatic rings. The lowest BCUT2D eigenvalue weighted by Crippen LogP contribution is -2.53. The number of hydrogen-bond acceptors (Lipinski definition) is 5. The lowest BCUT2D eigenvalue weighted by atomic mass is 10.2. The smallest absolute Gasteiger partial charge is 0.110 e. The fourth-order valence-electron chi connectivity index (χ4n) is 1.88. The molecule has 0 aromatic heterocycles. The number of ether oxygens (including phenoxy) is 1. The van der Waals surface area contributed by atoms with Crippen LogP contribution in [0, 0.1) is 11.3 Å². The van der Waals surface area contributed by atoms with Gasteiger partial charge in [-0.1, -0.05) is 13.3 Å². The molecule has 1 heterocycles. The second-order valence-corrected chi connectivity index (χ2v) is 4.43. The van der Waals surface area contributed by atoms with Crippen LogP contribution in [-0.2, 0) is 4.74 Å². The van der Waals surface area contributed by atoms with Crippen LogP contribution in [-0.4, -0.2) is 61.5 Å². The first-order valence-electron chi connectivity index (χ1n) is 6.38. The summed E-state index contributed by atoms with van der Waals surface area (Å²) in [7, 11) is 0. The molecular weight excluding hydrogens is 218 g/mol. The van der Waals surface area contributed by atoms with Gasteiger partial charge in [-0.15, -0.1) is 0 Å². The Labute approximate surface area is 103 Å². The van der Waals surface area contributed by atoms with Gasteiger partial charge in [0.2, 0.25) is 0 Å². The Kier molecular flexibility index (Phi) is 7.13. The van der Waals surface area contributed by atoms with Gasteiger partial charge in [0, 0.05) is 32.8 Å². The summed E-state index contributed by atoms with van der Waals surface area (Å²) in [4.78, 5) is 2.02. The van der Waals surface area contributed by atoms with E-state index in [4.69, 9.17) is 10.00 Å². The van der Waals surface area contributed by atoms with Gasteiger partial charge < -0.3 is 15.2 Å². The van der Waals surface area contributed by atoms with E-state index in [0.717, 1.165) is 25.9 Å². The van der Waals surface area contributed by atoms with E-state index in [-0.39, 0.29) is 6.04 Å². The first-order valence-corrected chi connectivity index (χ1v) is 6.38. The van der Waals surface area contributed by atoms with Crippen LogP contribution in [0.4, 0.5) is 0 Å². The molecule has 0 aromatic carbocycles. The molecule has 1 aliphatic heterocycles. The number of nitrogens with one attached hydrogen (secondary N) is 1. The Morgan fingerprint density at radius 1 is 1.65 bits per heavy atom. The van der Waals surface area contributed by atoms with Crippen LogP contribution in [0.3, 0.4) is 0 Å². The van der Waals surface area contributed by atoms with Crippen molar-refractivity contribution < 1.29 is 9.84 Å². The third-order valence-electron chi connectivity index (χ3n) is 2.90. The summed E-state index contributed by atoms with van der Waals surface area (Å²) in [5.74, 6) is 0. The van der Waals surface area contributed by atoms with Gasteiger partial charge >= 0.3 is 0 Å². The molecule has 5 heteroatoms. The van der Waals surface area contributed by atoms with E-state index in [1.165, 1.54) is 0 Å². The summed E-state index contributed by atoms with van der Waals surface area (Å²) in [6, 6.07) is 2.12. The van der Waals surface area contributed by atoms with E-state index in [0.29, 0.717) is 26.3 Å². The van der Waals surface area contributed by atoms with Crippen LogP contribution in [0.25, 0.3) is 0 Å². The van der Waals surface area contributed by atoms with Crippen molar-refractivity contribution in [3.05, 3.63) is 0 Å². The standard InChI is InChI=1S/C12H23N3O2/c1-2-3-6-17-10-12(16)9-15-5-4-14-8-11(15)7-13/h11-12,14,16H,2-6,8-10H2,1H3. The van der Waals surface area contributed by atoms with Crippen molar-refractivity contribution in [3.63, 3.8) is 0 Å². The number of nitriles is 1. The summed E-state index contributed by atoms with van der Waals surface area (Å²) in [5.41, 5.74) is 0. The average molecular weight is 241 g/mol. The first-order chi connectivity index (χ1) is 8.27. The largest absolute Gasteiger partial charge is 0.389 e.